The first-order valence-electron chi connectivity index (χ1n) is 4.95. The van der Waals surface area contributed by atoms with Crippen molar-refractivity contribution < 1.29 is 9.53 Å². The van der Waals surface area contributed by atoms with Gasteiger partial charge in [0.05, 0.1) is 13.0 Å². The van der Waals surface area contributed by atoms with Crippen LogP contribution < -0.4 is 0 Å². The van der Waals surface area contributed by atoms with Crippen LogP contribution >= 0.6 is 46.4 Å². The lowest BCUT2D eigenvalue weighted by Gasteiger charge is -2.30. The van der Waals surface area contributed by atoms with Crippen LogP contribution in [0.15, 0.2) is 0 Å². The Balaban J connectivity index is 4.36. The van der Waals surface area contributed by atoms with Gasteiger partial charge in [-0.05, 0) is 12.3 Å². The maximum Gasteiger partial charge on any atom is 0.306 e. The molecule has 0 aliphatic rings. The summed E-state index contributed by atoms with van der Waals surface area (Å²) in [6, 6.07) is 0. The van der Waals surface area contributed by atoms with E-state index in [1.54, 1.807) is 6.92 Å². The average molecular weight is 310 g/mol. The number of hydrogen-bond donors (Lipinski definition) is 0. The molecule has 16 heavy (non-hydrogen) atoms. The molecule has 96 valence electrons. The second kappa shape index (κ2) is 6.53. The summed E-state index contributed by atoms with van der Waals surface area (Å²) in [6.45, 7) is 5.80. The third kappa shape index (κ3) is 7.05. The zero-order chi connectivity index (χ0) is 13.0. The Morgan fingerprint density at radius 2 is 1.81 bits per heavy atom. The summed E-state index contributed by atoms with van der Waals surface area (Å²) in [4.78, 5) is 11.3. The quantitative estimate of drug-likeness (QED) is 0.558. The molecule has 0 spiro atoms. The van der Waals surface area contributed by atoms with Gasteiger partial charge in [-0.2, -0.15) is 0 Å². The number of ether oxygens (including phenoxy) is 1. The normalized spacial score (nSPS) is 14.7. The Labute approximate surface area is 117 Å². The van der Waals surface area contributed by atoms with Crippen molar-refractivity contribution in [2.75, 3.05) is 6.61 Å². The van der Waals surface area contributed by atoms with Crippen molar-refractivity contribution in [2.24, 2.45) is 5.41 Å². The molecule has 0 aromatic carbocycles. The lowest BCUT2D eigenvalue weighted by Crippen LogP contribution is -2.31. The zero-order valence-corrected chi connectivity index (χ0v) is 12.6. The first-order chi connectivity index (χ1) is 7.08. The number of hydrogen-bond acceptors (Lipinski definition) is 2. The van der Waals surface area contributed by atoms with E-state index in [9.17, 15) is 4.79 Å². The first-order valence-corrected chi connectivity index (χ1v) is 6.52. The van der Waals surface area contributed by atoms with Crippen molar-refractivity contribution in [1.29, 1.82) is 0 Å². The molecular weight excluding hydrogens is 294 g/mol. The Bertz CT molecular complexity index is 235. The standard InChI is InChI=1S/C10H16Cl4O2/c1-4-16-8(15)6-9(2,3)7(11)5-10(12,13)14/h7H,4-6H2,1-3H3. The minimum absolute atomic E-state index is 0.186. The molecule has 2 nitrogen and oxygen atoms in total. The Morgan fingerprint density at radius 3 is 2.19 bits per heavy atom. The van der Waals surface area contributed by atoms with Gasteiger partial charge in [0.25, 0.3) is 0 Å². The van der Waals surface area contributed by atoms with Crippen molar-refractivity contribution in [3.05, 3.63) is 0 Å². The average Bonchev–Trinajstić information content (AvgIpc) is 1.99. The number of esters is 1. The molecule has 1 atom stereocenters. The van der Waals surface area contributed by atoms with Crippen molar-refractivity contribution in [3.63, 3.8) is 0 Å². The van der Waals surface area contributed by atoms with Crippen LogP contribution in [0.4, 0.5) is 0 Å². The van der Waals surface area contributed by atoms with Crippen LogP contribution in [0, 0.1) is 5.41 Å². The van der Waals surface area contributed by atoms with Gasteiger partial charge in [-0.3, -0.25) is 4.79 Å². The number of rotatable bonds is 5. The lowest BCUT2D eigenvalue weighted by atomic mass is 9.84. The molecule has 0 aromatic heterocycles. The van der Waals surface area contributed by atoms with Crippen LogP contribution in [0.5, 0.6) is 0 Å². The van der Waals surface area contributed by atoms with E-state index in [0.29, 0.717) is 6.61 Å². The molecule has 6 heteroatoms. The topological polar surface area (TPSA) is 26.3 Å². The molecule has 0 heterocycles. The van der Waals surface area contributed by atoms with E-state index in [-0.39, 0.29) is 18.8 Å². The summed E-state index contributed by atoms with van der Waals surface area (Å²) in [5, 5.41) is -0.413. The van der Waals surface area contributed by atoms with Crippen LogP contribution in [0.25, 0.3) is 0 Å². The molecule has 0 aromatic rings. The summed E-state index contributed by atoms with van der Waals surface area (Å²) in [5.41, 5.74) is -0.474. The van der Waals surface area contributed by atoms with Gasteiger partial charge in [0, 0.05) is 11.8 Å². The second-order valence-corrected chi connectivity index (χ2v) is 7.30. The molecule has 0 saturated heterocycles. The van der Waals surface area contributed by atoms with Gasteiger partial charge in [-0.25, -0.2) is 0 Å². The first kappa shape index (κ1) is 16.6. The highest BCUT2D eigenvalue weighted by Crippen LogP contribution is 2.40. The third-order valence-corrected chi connectivity index (χ3v) is 3.37. The SMILES string of the molecule is CCOC(=O)CC(C)(C)C(Cl)CC(Cl)(Cl)Cl. The highest BCUT2D eigenvalue weighted by Gasteiger charge is 2.36. The number of halogens is 4. The predicted octanol–water partition coefficient (Wildman–Crippen LogP) is 4.33. The van der Waals surface area contributed by atoms with Crippen LogP contribution in [0.1, 0.15) is 33.6 Å². The molecular formula is C10H16Cl4O2. The van der Waals surface area contributed by atoms with Crippen molar-refractivity contribution >= 4 is 52.4 Å². The molecule has 1 unspecified atom stereocenters. The van der Waals surface area contributed by atoms with Crippen molar-refractivity contribution in [3.8, 4) is 0 Å². The smallest absolute Gasteiger partial charge is 0.306 e. The van der Waals surface area contributed by atoms with E-state index < -0.39 is 14.6 Å². The fourth-order valence-corrected chi connectivity index (χ4v) is 2.18. The monoisotopic (exact) mass is 308 g/mol. The fourth-order valence-electron chi connectivity index (χ4n) is 1.17. The highest BCUT2D eigenvalue weighted by atomic mass is 35.6. The summed E-state index contributed by atoms with van der Waals surface area (Å²) in [7, 11) is 0. The Hall–Kier alpha value is 0.630. The summed E-state index contributed by atoms with van der Waals surface area (Å²) >= 11 is 23.1. The molecule has 0 saturated carbocycles. The minimum Gasteiger partial charge on any atom is -0.466 e. The number of carbonyl (C=O) groups excluding carboxylic acids is 1. The zero-order valence-electron chi connectivity index (χ0n) is 9.53. The predicted molar refractivity (Wildman–Crippen MR) is 69.6 cm³/mol. The molecule has 0 rings (SSSR count). The van der Waals surface area contributed by atoms with Crippen LogP contribution in [0.2, 0.25) is 0 Å². The van der Waals surface area contributed by atoms with Gasteiger partial charge < -0.3 is 4.74 Å². The summed E-state index contributed by atoms with van der Waals surface area (Å²) in [6.07, 6.45) is 0.390. The van der Waals surface area contributed by atoms with Gasteiger partial charge in [-0.15, -0.1) is 11.6 Å². The number of carbonyl (C=O) groups is 1. The molecule has 0 fully saturated rings. The molecule has 0 N–H and O–H groups in total. The third-order valence-electron chi connectivity index (χ3n) is 2.16. The van der Waals surface area contributed by atoms with E-state index in [1.807, 2.05) is 13.8 Å². The van der Waals surface area contributed by atoms with Gasteiger partial charge in [0.2, 0.25) is 0 Å². The summed E-state index contributed by atoms with van der Waals surface area (Å²) < 4.78 is 3.46. The second-order valence-electron chi connectivity index (χ2n) is 4.26. The van der Waals surface area contributed by atoms with E-state index in [4.69, 9.17) is 51.1 Å². The Morgan fingerprint density at radius 1 is 1.31 bits per heavy atom. The molecule has 0 aliphatic carbocycles. The van der Waals surface area contributed by atoms with Crippen LogP contribution in [-0.4, -0.2) is 21.7 Å². The minimum atomic E-state index is -1.40. The fraction of sp³-hybridized carbons (Fsp3) is 0.900. The Kier molecular flexibility index (Phi) is 6.79. The maximum absolute atomic E-state index is 11.3. The maximum atomic E-state index is 11.3. The van der Waals surface area contributed by atoms with Crippen molar-refractivity contribution in [2.45, 2.75) is 42.8 Å². The van der Waals surface area contributed by atoms with Gasteiger partial charge in [0.1, 0.15) is 0 Å². The van der Waals surface area contributed by atoms with E-state index in [0.717, 1.165) is 0 Å². The van der Waals surface area contributed by atoms with E-state index >= 15 is 0 Å². The van der Waals surface area contributed by atoms with Crippen LogP contribution in [-0.2, 0) is 9.53 Å². The van der Waals surface area contributed by atoms with Gasteiger partial charge >= 0.3 is 5.97 Å². The molecule has 0 amide bonds. The van der Waals surface area contributed by atoms with Gasteiger partial charge in [-0.1, -0.05) is 48.7 Å². The molecule has 0 bridgehead atoms. The highest BCUT2D eigenvalue weighted by molar-refractivity contribution is 6.67. The molecule has 0 aliphatic heterocycles. The number of alkyl halides is 4. The van der Waals surface area contributed by atoms with E-state index in [1.165, 1.54) is 0 Å². The summed E-state index contributed by atoms with van der Waals surface area (Å²) in [5.74, 6) is -0.289. The van der Waals surface area contributed by atoms with Crippen LogP contribution in [0.3, 0.4) is 0 Å². The van der Waals surface area contributed by atoms with Gasteiger partial charge in [0.15, 0.2) is 3.79 Å². The van der Waals surface area contributed by atoms with E-state index in [2.05, 4.69) is 0 Å². The van der Waals surface area contributed by atoms with Crippen molar-refractivity contribution in [1.82, 2.24) is 0 Å². The lowest BCUT2D eigenvalue weighted by molar-refractivity contribution is -0.145. The largest absolute Gasteiger partial charge is 0.466 e. The molecule has 0 radical (unpaired) electrons.